The van der Waals surface area contributed by atoms with Crippen LogP contribution in [0.2, 0.25) is 10.0 Å². The van der Waals surface area contributed by atoms with Gasteiger partial charge in [0.15, 0.2) is 11.5 Å². The largest absolute Gasteiger partial charge is 0.493 e. The highest BCUT2D eigenvalue weighted by atomic mass is 35.5. The number of halogens is 2. The van der Waals surface area contributed by atoms with Gasteiger partial charge in [-0.2, -0.15) is 9.78 Å². The fourth-order valence-electron chi connectivity index (χ4n) is 8.62. The summed E-state index contributed by atoms with van der Waals surface area (Å²) in [5.74, 6) is 1.93. The number of carbonyl (C=O) groups is 4. The van der Waals surface area contributed by atoms with E-state index < -0.39 is 0 Å². The number of ether oxygens (including phenoxy) is 2. The molecule has 4 aliphatic heterocycles. The second-order valence-corrected chi connectivity index (χ2v) is 18.0. The number of benzene rings is 4. The minimum atomic E-state index is -0.178. The smallest absolute Gasteiger partial charge is 0.246 e. The van der Waals surface area contributed by atoms with E-state index in [1.54, 1.807) is 43.9 Å². The van der Waals surface area contributed by atoms with Crippen molar-refractivity contribution in [3.8, 4) is 45.3 Å². The maximum atomic E-state index is 13.6. The van der Waals surface area contributed by atoms with Crippen LogP contribution in [0.5, 0.6) is 23.0 Å². The van der Waals surface area contributed by atoms with Crippen molar-refractivity contribution < 1.29 is 48.2 Å². The SMILES string of the molecule is CCOc1c(-c2c(/C=C/C(=O)N3CCN(C(C)=O)CC3)ccc(Sc3ccc(/C=C/C(=O)N4CCN(C(C)=O)CC4)c(-c4ccc5c(c4OCC)CCOO5)c3Cl)c2Cl)ccc2c1CCOO2. The van der Waals surface area contributed by atoms with Crippen LogP contribution in [-0.2, 0) is 41.8 Å². The quantitative estimate of drug-likeness (QED) is 0.100. The van der Waals surface area contributed by atoms with Gasteiger partial charge in [-0.1, -0.05) is 47.1 Å². The Balaban J connectivity index is 1.21. The van der Waals surface area contributed by atoms with Crippen LogP contribution in [0.4, 0.5) is 0 Å². The lowest BCUT2D eigenvalue weighted by Crippen LogP contribution is -2.49. The summed E-state index contributed by atoms with van der Waals surface area (Å²) in [5, 5.41) is 0.808. The maximum Gasteiger partial charge on any atom is 0.246 e. The van der Waals surface area contributed by atoms with Crippen molar-refractivity contribution in [2.24, 2.45) is 0 Å². The summed E-state index contributed by atoms with van der Waals surface area (Å²) in [6, 6.07) is 15.1. The van der Waals surface area contributed by atoms with Crippen molar-refractivity contribution in [1.29, 1.82) is 0 Å². The van der Waals surface area contributed by atoms with E-state index in [9.17, 15) is 19.2 Å². The van der Waals surface area contributed by atoms with Gasteiger partial charge in [-0.25, -0.2) is 0 Å². The first-order valence-corrected chi connectivity index (χ1v) is 24.0. The third kappa shape index (κ3) is 10.4. The van der Waals surface area contributed by atoms with Crippen LogP contribution in [0.1, 0.15) is 49.9 Å². The van der Waals surface area contributed by atoms with Crippen LogP contribution in [0.3, 0.4) is 0 Å². The van der Waals surface area contributed by atoms with Crippen LogP contribution in [0.15, 0.2) is 70.5 Å². The Labute approximate surface area is 404 Å². The van der Waals surface area contributed by atoms with Crippen molar-refractivity contribution in [2.75, 3.05) is 78.8 Å². The molecule has 67 heavy (non-hydrogen) atoms. The van der Waals surface area contributed by atoms with E-state index in [0.717, 1.165) is 11.1 Å². The minimum absolute atomic E-state index is 0.0125. The molecule has 0 saturated carbocycles. The van der Waals surface area contributed by atoms with E-state index in [0.29, 0.717) is 168 Å². The molecule has 0 spiro atoms. The van der Waals surface area contributed by atoms with Crippen molar-refractivity contribution in [2.45, 2.75) is 50.3 Å². The van der Waals surface area contributed by atoms with E-state index >= 15 is 0 Å². The summed E-state index contributed by atoms with van der Waals surface area (Å²) >= 11 is 16.5. The first kappa shape index (κ1) is 47.8. The van der Waals surface area contributed by atoms with Crippen LogP contribution >= 0.6 is 35.0 Å². The molecule has 17 heteroatoms. The standard InChI is InChI=1S/C50H52Cl2N4O10S/c1-5-61-49-35-19-29-63-65-39(35)13-11-37(49)45-33(9-17-43(59)55-25-21-53(22-26-55)31(3)57)7-15-41(47(45)51)67-42-16-8-34(10-18-44(60)56-27-23-54(24-28-56)32(4)58)46(48(42)52)38-12-14-40-36(20-30-64-66-40)50(38)62-6-2/h7-18H,5-6,19-30H2,1-4H3/b17-9+,18-10+. The summed E-state index contributed by atoms with van der Waals surface area (Å²) in [6.07, 6.45) is 7.71. The van der Waals surface area contributed by atoms with E-state index in [-0.39, 0.29) is 23.6 Å². The number of carbonyl (C=O) groups excluding carboxylic acids is 4. The zero-order chi connectivity index (χ0) is 47.2. The monoisotopic (exact) mass is 970 g/mol. The van der Waals surface area contributed by atoms with Crippen LogP contribution in [0.25, 0.3) is 34.4 Å². The fourth-order valence-corrected chi connectivity index (χ4v) is 10.3. The lowest BCUT2D eigenvalue weighted by Gasteiger charge is -2.33. The molecule has 0 unspecified atom stereocenters. The molecule has 4 heterocycles. The van der Waals surface area contributed by atoms with Gasteiger partial charge in [0.05, 0.1) is 36.5 Å². The first-order chi connectivity index (χ1) is 32.5. The Morgan fingerprint density at radius 1 is 0.582 bits per heavy atom. The number of amides is 4. The number of fused-ring (bicyclic) bond motifs is 2. The summed E-state index contributed by atoms with van der Waals surface area (Å²) in [4.78, 5) is 81.0. The molecule has 0 atom stereocenters. The first-order valence-electron chi connectivity index (χ1n) is 22.4. The molecule has 0 aliphatic carbocycles. The average molecular weight is 972 g/mol. The molecule has 4 aromatic carbocycles. The van der Waals surface area contributed by atoms with E-state index in [2.05, 4.69) is 0 Å². The summed E-state index contributed by atoms with van der Waals surface area (Å²) < 4.78 is 12.7. The molecule has 14 nitrogen and oxygen atoms in total. The zero-order valence-corrected chi connectivity index (χ0v) is 40.2. The highest BCUT2D eigenvalue weighted by Gasteiger charge is 2.29. The molecule has 0 N–H and O–H groups in total. The molecule has 4 amide bonds. The van der Waals surface area contributed by atoms with Gasteiger partial charge in [0.2, 0.25) is 23.6 Å². The van der Waals surface area contributed by atoms with Crippen molar-refractivity contribution in [3.05, 3.63) is 93.0 Å². The zero-order valence-electron chi connectivity index (χ0n) is 37.9. The predicted octanol–water partition coefficient (Wildman–Crippen LogP) is 8.42. The van der Waals surface area contributed by atoms with Gasteiger partial charge in [-0.15, -0.1) is 0 Å². The van der Waals surface area contributed by atoms with Gasteiger partial charge >= 0.3 is 0 Å². The average Bonchev–Trinajstić information content (AvgIpc) is 3.34. The third-order valence-electron chi connectivity index (χ3n) is 12.1. The van der Waals surface area contributed by atoms with Gasteiger partial charge in [-0.05, 0) is 73.5 Å². The number of hydrogen-bond donors (Lipinski definition) is 0. The summed E-state index contributed by atoms with van der Waals surface area (Å²) in [5.41, 5.74) is 5.75. The Morgan fingerprint density at radius 2 is 0.970 bits per heavy atom. The van der Waals surface area contributed by atoms with Gasteiger partial charge in [0.25, 0.3) is 0 Å². The maximum absolute atomic E-state index is 13.6. The minimum Gasteiger partial charge on any atom is -0.493 e. The van der Waals surface area contributed by atoms with Gasteiger partial charge in [0, 0.05) is 134 Å². The second-order valence-electron chi connectivity index (χ2n) is 16.1. The number of nitrogens with zero attached hydrogens (tertiary/aromatic N) is 4. The molecule has 2 fully saturated rings. The lowest BCUT2D eigenvalue weighted by atomic mass is 9.94. The molecule has 0 aromatic heterocycles. The summed E-state index contributed by atoms with van der Waals surface area (Å²) in [6.45, 7) is 11.9. The molecule has 8 rings (SSSR count). The molecule has 0 radical (unpaired) electrons. The van der Waals surface area contributed by atoms with Crippen molar-refractivity contribution >= 4 is 70.7 Å². The van der Waals surface area contributed by atoms with Gasteiger partial charge in [0.1, 0.15) is 11.5 Å². The van der Waals surface area contributed by atoms with E-state index in [1.807, 2.05) is 62.4 Å². The van der Waals surface area contributed by atoms with Crippen LogP contribution in [-0.4, -0.2) is 122 Å². The Hall–Kier alpha value is -5.71. The van der Waals surface area contributed by atoms with Crippen molar-refractivity contribution in [3.63, 3.8) is 0 Å². The molecular weight excluding hydrogens is 920 g/mol. The Kier molecular flexibility index (Phi) is 15.3. The topological polar surface area (TPSA) is 137 Å². The normalized spacial score (nSPS) is 16.1. The molecule has 2 saturated heterocycles. The van der Waals surface area contributed by atoms with E-state index in [1.165, 1.54) is 25.6 Å². The summed E-state index contributed by atoms with van der Waals surface area (Å²) in [7, 11) is 0. The number of piperazine rings is 2. The van der Waals surface area contributed by atoms with E-state index in [4.69, 9.17) is 52.2 Å². The predicted molar refractivity (Wildman–Crippen MR) is 257 cm³/mol. The lowest BCUT2D eigenvalue weighted by molar-refractivity contribution is -0.215. The van der Waals surface area contributed by atoms with Crippen LogP contribution in [0, 0.1) is 0 Å². The number of rotatable bonds is 12. The highest BCUT2D eigenvalue weighted by Crippen LogP contribution is 2.51. The van der Waals surface area contributed by atoms with Crippen molar-refractivity contribution in [1.82, 2.24) is 19.6 Å². The number of hydrogen-bond acceptors (Lipinski definition) is 11. The highest BCUT2D eigenvalue weighted by molar-refractivity contribution is 7.99. The fraction of sp³-hybridized carbons (Fsp3) is 0.360. The molecule has 4 aliphatic rings. The molecule has 352 valence electrons. The molecular formula is C50H52Cl2N4O10S. The molecule has 4 aromatic rings. The van der Waals surface area contributed by atoms with Gasteiger partial charge in [-0.3, -0.25) is 19.2 Å². The molecule has 0 bridgehead atoms. The van der Waals surface area contributed by atoms with Crippen LogP contribution < -0.4 is 19.2 Å². The third-order valence-corrected chi connectivity index (χ3v) is 14.2. The Bertz CT molecular complexity index is 2450. The second kappa shape index (κ2) is 21.5. The Morgan fingerprint density at radius 3 is 1.34 bits per heavy atom. The van der Waals surface area contributed by atoms with Gasteiger partial charge < -0.3 is 38.8 Å².